The maximum Gasteiger partial charge on any atom is 0.0906 e. The van der Waals surface area contributed by atoms with Gasteiger partial charge in [-0.25, -0.2) is 0 Å². The molecule has 0 radical (unpaired) electrons. The molecule has 0 bridgehead atoms. The number of rotatable bonds is 0. The van der Waals surface area contributed by atoms with Gasteiger partial charge in [0, 0.05) is 11.3 Å². The van der Waals surface area contributed by atoms with Crippen LogP contribution in [0, 0.1) is 11.8 Å². The van der Waals surface area contributed by atoms with E-state index in [0.717, 1.165) is 0 Å². The molecule has 5 atom stereocenters. The Morgan fingerprint density at radius 3 is 1.27 bits per heavy atom. The molecule has 11 heavy (non-hydrogen) atoms. The van der Waals surface area contributed by atoms with E-state index in [-0.39, 0.29) is 0 Å². The first-order chi connectivity index (χ1) is 4.89. The summed E-state index contributed by atoms with van der Waals surface area (Å²) in [6, 6.07) is 0. The van der Waals surface area contributed by atoms with Gasteiger partial charge in [0.05, 0.1) is 7.14 Å². The van der Waals surface area contributed by atoms with E-state index >= 15 is 0 Å². The van der Waals surface area contributed by atoms with Gasteiger partial charge in [-0.1, -0.05) is 27.7 Å². The fraction of sp³-hybridized carbons (Fsp3) is 1.00. The first kappa shape index (κ1) is 9.32. The molecule has 1 aliphatic heterocycles. The summed E-state index contributed by atoms with van der Waals surface area (Å²) >= 11 is 0. The van der Waals surface area contributed by atoms with Crippen LogP contribution in [0.2, 0.25) is 0 Å². The number of hydrogen-bond donors (Lipinski definition) is 0. The van der Waals surface area contributed by atoms with Crippen LogP contribution in [0.4, 0.5) is 0 Å². The van der Waals surface area contributed by atoms with Crippen molar-refractivity contribution in [3.63, 3.8) is 0 Å². The molecule has 0 spiro atoms. The Labute approximate surface area is 69.9 Å². The fourth-order valence-electron chi connectivity index (χ4n) is 2.18. The Bertz CT molecular complexity index is 182. The zero-order chi connectivity index (χ0) is 8.81. The van der Waals surface area contributed by atoms with Crippen molar-refractivity contribution >= 4 is 7.14 Å². The van der Waals surface area contributed by atoms with Crippen molar-refractivity contribution in [3.8, 4) is 0 Å². The maximum absolute atomic E-state index is 12.1. The normalized spacial score (nSPS) is 58.3. The Kier molecular flexibility index (Phi) is 2.22. The highest BCUT2D eigenvalue weighted by atomic mass is 31.2. The number of hydrogen-bond acceptors (Lipinski definition) is 1. The van der Waals surface area contributed by atoms with Crippen LogP contribution in [0.1, 0.15) is 27.7 Å². The van der Waals surface area contributed by atoms with Crippen molar-refractivity contribution in [3.05, 3.63) is 0 Å². The molecular formula is C9H19OP. The van der Waals surface area contributed by atoms with Gasteiger partial charge >= 0.3 is 0 Å². The van der Waals surface area contributed by atoms with Gasteiger partial charge in [-0.05, 0) is 18.5 Å². The molecule has 66 valence electrons. The van der Waals surface area contributed by atoms with E-state index < -0.39 is 7.14 Å². The molecule has 1 unspecified atom stereocenters. The van der Waals surface area contributed by atoms with E-state index in [4.69, 9.17) is 0 Å². The third-order valence-corrected chi connectivity index (χ3v) is 8.14. The monoisotopic (exact) mass is 174 g/mol. The zero-order valence-corrected chi connectivity index (χ0v) is 9.06. The minimum Gasteiger partial charge on any atom is -0.323 e. The Balaban J connectivity index is 2.96. The fourth-order valence-corrected chi connectivity index (χ4v) is 5.34. The molecule has 2 heteroatoms. The molecule has 1 heterocycles. The minimum atomic E-state index is -1.84. The highest BCUT2D eigenvalue weighted by Crippen LogP contribution is 2.64. The quantitative estimate of drug-likeness (QED) is 0.516. The molecule has 1 nitrogen and oxygen atoms in total. The summed E-state index contributed by atoms with van der Waals surface area (Å²) in [6.45, 7) is 10.7. The average molecular weight is 174 g/mol. The summed E-state index contributed by atoms with van der Waals surface area (Å²) in [5, 5.41) is 0. The smallest absolute Gasteiger partial charge is 0.0906 e. The van der Waals surface area contributed by atoms with E-state index in [1.54, 1.807) is 0 Å². The summed E-state index contributed by atoms with van der Waals surface area (Å²) < 4.78 is 12.1. The van der Waals surface area contributed by atoms with E-state index in [1.165, 1.54) is 0 Å². The van der Waals surface area contributed by atoms with Crippen molar-refractivity contribution in [2.24, 2.45) is 11.8 Å². The van der Waals surface area contributed by atoms with Crippen LogP contribution < -0.4 is 0 Å². The molecule has 0 aliphatic carbocycles. The van der Waals surface area contributed by atoms with Crippen molar-refractivity contribution in [1.29, 1.82) is 0 Å². The van der Waals surface area contributed by atoms with Gasteiger partial charge in [-0.15, -0.1) is 0 Å². The molecule has 0 aromatic carbocycles. The van der Waals surface area contributed by atoms with Gasteiger partial charge in [0.15, 0.2) is 0 Å². The lowest BCUT2D eigenvalue weighted by atomic mass is 9.92. The summed E-state index contributed by atoms with van der Waals surface area (Å²) in [5.74, 6) is 1.28. The second-order valence-corrected chi connectivity index (χ2v) is 8.01. The SMILES string of the molecule is C[C@@H]1[C@H](C)[C@H](C)P(C)(=O)[C@@H]1C. The predicted molar refractivity (Wildman–Crippen MR) is 50.8 cm³/mol. The first-order valence-electron chi connectivity index (χ1n) is 4.46. The van der Waals surface area contributed by atoms with Crippen molar-refractivity contribution in [1.82, 2.24) is 0 Å². The molecule has 1 saturated heterocycles. The molecule has 0 aromatic rings. The molecule has 0 amide bonds. The highest BCUT2D eigenvalue weighted by molar-refractivity contribution is 7.64. The molecule has 1 fully saturated rings. The Hall–Kier alpha value is 0.230. The Morgan fingerprint density at radius 2 is 1.18 bits per heavy atom. The van der Waals surface area contributed by atoms with Gasteiger partial charge in [-0.3, -0.25) is 0 Å². The van der Waals surface area contributed by atoms with Crippen molar-refractivity contribution < 1.29 is 4.57 Å². The van der Waals surface area contributed by atoms with E-state index in [9.17, 15) is 4.57 Å². The third-order valence-electron chi connectivity index (χ3n) is 3.97. The largest absolute Gasteiger partial charge is 0.323 e. The topological polar surface area (TPSA) is 17.1 Å². The minimum absolute atomic E-state index is 0.437. The molecule has 0 aromatic heterocycles. The average Bonchev–Trinajstić information content (AvgIpc) is 2.06. The van der Waals surface area contributed by atoms with E-state index in [2.05, 4.69) is 27.7 Å². The van der Waals surface area contributed by atoms with Crippen LogP contribution in [-0.2, 0) is 4.57 Å². The van der Waals surface area contributed by atoms with Gasteiger partial charge in [0.25, 0.3) is 0 Å². The standard InChI is InChI=1S/C9H19OP/c1-6-7(2)9(4)11(5,10)8(6)3/h6-9H,1-5H3/t6-,7+,8-,9+,11?. The molecule has 1 rings (SSSR count). The Morgan fingerprint density at radius 1 is 0.909 bits per heavy atom. The second-order valence-electron chi connectivity index (χ2n) is 4.26. The second kappa shape index (κ2) is 2.62. The summed E-state index contributed by atoms with van der Waals surface area (Å²) in [7, 11) is -1.84. The predicted octanol–water partition coefficient (Wildman–Crippen LogP) is 3.04. The lowest BCUT2D eigenvalue weighted by Crippen LogP contribution is -2.12. The third kappa shape index (κ3) is 1.18. The van der Waals surface area contributed by atoms with Crippen LogP contribution in [0.5, 0.6) is 0 Å². The van der Waals surface area contributed by atoms with Crippen LogP contribution in [-0.4, -0.2) is 18.0 Å². The first-order valence-corrected chi connectivity index (χ1v) is 6.75. The van der Waals surface area contributed by atoms with E-state index in [1.807, 2.05) is 6.66 Å². The summed E-state index contributed by atoms with van der Waals surface area (Å²) in [5.41, 5.74) is 0.875. The summed E-state index contributed by atoms with van der Waals surface area (Å²) in [4.78, 5) is 0. The molecule has 0 N–H and O–H groups in total. The molecule has 1 aliphatic rings. The van der Waals surface area contributed by atoms with Gasteiger partial charge in [-0.2, -0.15) is 0 Å². The van der Waals surface area contributed by atoms with E-state index in [0.29, 0.717) is 23.2 Å². The molecule has 0 saturated carbocycles. The summed E-state index contributed by atoms with van der Waals surface area (Å²) in [6.07, 6.45) is 0. The van der Waals surface area contributed by atoms with Crippen LogP contribution in [0.3, 0.4) is 0 Å². The van der Waals surface area contributed by atoms with Crippen molar-refractivity contribution in [2.75, 3.05) is 6.66 Å². The van der Waals surface area contributed by atoms with Crippen LogP contribution >= 0.6 is 7.14 Å². The maximum atomic E-state index is 12.1. The van der Waals surface area contributed by atoms with Gasteiger partial charge in [0.2, 0.25) is 0 Å². The van der Waals surface area contributed by atoms with Crippen LogP contribution in [0.15, 0.2) is 0 Å². The van der Waals surface area contributed by atoms with Crippen LogP contribution in [0.25, 0.3) is 0 Å². The van der Waals surface area contributed by atoms with Crippen molar-refractivity contribution in [2.45, 2.75) is 39.0 Å². The highest BCUT2D eigenvalue weighted by Gasteiger charge is 2.46. The molecular weight excluding hydrogens is 155 g/mol. The van der Waals surface area contributed by atoms with Gasteiger partial charge in [0.1, 0.15) is 0 Å². The lowest BCUT2D eigenvalue weighted by Gasteiger charge is -2.16. The van der Waals surface area contributed by atoms with Gasteiger partial charge < -0.3 is 4.57 Å². The zero-order valence-electron chi connectivity index (χ0n) is 8.16. The lowest BCUT2D eigenvalue weighted by molar-refractivity contribution is 0.413.